The summed E-state index contributed by atoms with van der Waals surface area (Å²) in [6, 6.07) is 1.02. The predicted molar refractivity (Wildman–Crippen MR) is 47.9 cm³/mol. The second-order valence-electron chi connectivity index (χ2n) is 3.88. The van der Waals surface area contributed by atoms with Crippen molar-refractivity contribution in [2.45, 2.75) is 19.1 Å². The third kappa shape index (κ3) is 4.96. The smallest absolute Gasteiger partial charge is 0.0651 e. The summed E-state index contributed by atoms with van der Waals surface area (Å²) in [5, 5.41) is 8.73. The monoisotopic (exact) mass is 161 g/mol. The van der Waals surface area contributed by atoms with Gasteiger partial charge in [-0.05, 0) is 26.3 Å². The fourth-order valence-corrected chi connectivity index (χ4v) is 3.71. The van der Waals surface area contributed by atoms with Gasteiger partial charge in [-0.25, -0.2) is 0 Å². The first-order valence-corrected chi connectivity index (χ1v) is 7.15. The third-order valence-electron chi connectivity index (χ3n) is 1.53. The second-order valence-corrected chi connectivity index (χ2v) is 9.02. The molecule has 0 fully saturated rings. The maximum Gasteiger partial charge on any atom is 0.0651 e. The molecule has 0 heterocycles. The summed E-state index contributed by atoms with van der Waals surface area (Å²) >= 11 is 0. The van der Waals surface area contributed by atoms with Crippen molar-refractivity contribution in [1.82, 2.24) is 4.90 Å². The van der Waals surface area contributed by atoms with Crippen LogP contribution in [0.2, 0.25) is 19.1 Å². The quantitative estimate of drug-likeness (QED) is 0.616. The van der Waals surface area contributed by atoms with Gasteiger partial charge in [0.2, 0.25) is 0 Å². The van der Waals surface area contributed by atoms with Crippen LogP contribution in [0.25, 0.3) is 0 Å². The lowest BCUT2D eigenvalue weighted by atomic mass is 10.9. The van der Waals surface area contributed by atoms with Gasteiger partial charge in [0.1, 0.15) is 0 Å². The van der Waals surface area contributed by atoms with Crippen molar-refractivity contribution in [3.8, 4) is 0 Å². The Morgan fingerprint density at radius 1 is 1.30 bits per heavy atom. The van der Waals surface area contributed by atoms with Gasteiger partial charge in [0.15, 0.2) is 0 Å². The van der Waals surface area contributed by atoms with Crippen LogP contribution in [0.15, 0.2) is 0 Å². The Balaban J connectivity index is 3.63. The number of hydrogen-bond donors (Lipinski definition) is 1. The van der Waals surface area contributed by atoms with Crippen LogP contribution in [0.1, 0.15) is 0 Å². The molecule has 2 nitrogen and oxygen atoms in total. The lowest BCUT2D eigenvalue weighted by molar-refractivity contribution is 0.315. The van der Waals surface area contributed by atoms with E-state index >= 15 is 0 Å². The third-order valence-corrected chi connectivity index (χ3v) is 4.60. The number of aliphatic hydroxyl groups is 1. The molecule has 0 rings (SSSR count). The number of hydrogen-bond acceptors (Lipinski definition) is 2. The molecule has 0 saturated carbocycles. The first-order valence-electron chi connectivity index (χ1n) is 3.73. The van der Waals surface area contributed by atoms with E-state index in [2.05, 4.69) is 32.1 Å². The van der Waals surface area contributed by atoms with E-state index in [1.807, 2.05) is 0 Å². The molecule has 0 atom stereocenters. The Morgan fingerprint density at radius 3 is 2.10 bits per heavy atom. The van der Waals surface area contributed by atoms with Gasteiger partial charge in [0, 0.05) is 6.61 Å². The highest BCUT2D eigenvalue weighted by molar-refractivity contribution is 6.77. The van der Waals surface area contributed by atoms with Gasteiger partial charge >= 0.3 is 0 Å². The molecule has 0 saturated heterocycles. The van der Waals surface area contributed by atoms with E-state index in [0.29, 0.717) is 6.61 Å². The van der Waals surface area contributed by atoms with E-state index in [9.17, 15) is 0 Å². The fraction of sp³-hybridized carbons (Fsp3) is 1.00. The summed E-state index contributed by atoms with van der Waals surface area (Å²) in [5.41, 5.74) is 0. The molecule has 10 heavy (non-hydrogen) atoms. The van der Waals surface area contributed by atoms with Crippen LogP contribution in [-0.2, 0) is 0 Å². The van der Waals surface area contributed by atoms with E-state index in [4.69, 9.17) is 5.11 Å². The lowest BCUT2D eigenvalue weighted by Crippen LogP contribution is -2.39. The molecule has 0 bridgehead atoms. The number of rotatable bonds is 4. The van der Waals surface area contributed by atoms with Crippen LogP contribution in [-0.4, -0.2) is 45.0 Å². The van der Waals surface area contributed by atoms with Crippen molar-refractivity contribution in [1.29, 1.82) is 0 Å². The van der Waals surface area contributed by atoms with E-state index < -0.39 is 8.07 Å². The maximum absolute atomic E-state index is 8.73. The van der Waals surface area contributed by atoms with E-state index in [-0.39, 0.29) is 0 Å². The van der Waals surface area contributed by atoms with Gasteiger partial charge in [-0.3, -0.25) is 0 Å². The molecule has 0 aliphatic rings. The van der Waals surface area contributed by atoms with Crippen molar-refractivity contribution < 1.29 is 5.11 Å². The molecule has 0 aromatic rings. The molecule has 0 spiro atoms. The van der Waals surface area contributed by atoms with Crippen LogP contribution in [0.3, 0.4) is 0 Å². The summed E-state index contributed by atoms with van der Waals surface area (Å²) in [6.45, 7) is 4.97. The second kappa shape index (κ2) is 4.11. The average molecular weight is 161 g/mol. The zero-order valence-corrected chi connectivity index (χ0v) is 8.52. The van der Waals surface area contributed by atoms with Crippen LogP contribution in [0, 0.1) is 0 Å². The van der Waals surface area contributed by atoms with Gasteiger partial charge in [-0.15, -0.1) is 0 Å². The SMILES string of the molecule is CN(C)C[Si](C)(C)CCO. The van der Waals surface area contributed by atoms with Gasteiger partial charge in [-0.2, -0.15) is 0 Å². The summed E-state index contributed by atoms with van der Waals surface area (Å²) in [5.74, 6) is 0. The van der Waals surface area contributed by atoms with Crippen molar-refractivity contribution in [2.24, 2.45) is 0 Å². The minimum Gasteiger partial charge on any atom is -0.397 e. The van der Waals surface area contributed by atoms with E-state index in [1.54, 1.807) is 0 Å². The molecule has 0 unspecified atom stereocenters. The summed E-state index contributed by atoms with van der Waals surface area (Å²) < 4.78 is 0. The molecule has 0 radical (unpaired) electrons. The molecular formula is C7H19NOSi. The topological polar surface area (TPSA) is 23.5 Å². The predicted octanol–water partition coefficient (Wildman–Crippen LogP) is 0.788. The van der Waals surface area contributed by atoms with Gasteiger partial charge in [-0.1, -0.05) is 13.1 Å². The maximum atomic E-state index is 8.73. The van der Waals surface area contributed by atoms with Crippen LogP contribution >= 0.6 is 0 Å². The Labute approximate surface area is 64.9 Å². The highest BCUT2D eigenvalue weighted by Crippen LogP contribution is 2.08. The molecule has 0 aliphatic heterocycles. The summed E-state index contributed by atoms with van der Waals surface area (Å²) in [4.78, 5) is 2.21. The molecule has 0 aromatic heterocycles. The standard InChI is InChI=1S/C7H19NOSi/c1-8(2)7-10(3,4)6-5-9/h9H,5-7H2,1-4H3. The van der Waals surface area contributed by atoms with Crippen LogP contribution in [0.4, 0.5) is 0 Å². The zero-order chi connectivity index (χ0) is 8.20. The molecule has 0 aromatic carbocycles. The molecule has 0 amide bonds. The van der Waals surface area contributed by atoms with Crippen LogP contribution < -0.4 is 0 Å². The highest BCUT2D eigenvalue weighted by Gasteiger charge is 2.19. The van der Waals surface area contributed by atoms with E-state index in [1.165, 1.54) is 6.17 Å². The van der Waals surface area contributed by atoms with Gasteiger partial charge < -0.3 is 10.0 Å². The molecule has 1 N–H and O–H groups in total. The van der Waals surface area contributed by atoms with Crippen molar-refractivity contribution in [3.05, 3.63) is 0 Å². The zero-order valence-electron chi connectivity index (χ0n) is 7.52. The molecular weight excluding hydrogens is 142 g/mol. The highest BCUT2D eigenvalue weighted by atomic mass is 28.3. The normalized spacial score (nSPS) is 12.6. The van der Waals surface area contributed by atoms with Crippen molar-refractivity contribution in [3.63, 3.8) is 0 Å². The van der Waals surface area contributed by atoms with Crippen molar-refractivity contribution >= 4 is 8.07 Å². The Kier molecular flexibility index (Phi) is 4.16. The van der Waals surface area contributed by atoms with Gasteiger partial charge in [0.05, 0.1) is 8.07 Å². The van der Waals surface area contributed by atoms with E-state index in [0.717, 1.165) is 6.04 Å². The number of aliphatic hydroxyl groups excluding tert-OH is 1. The van der Waals surface area contributed by atoms with Crippen molar-refractivity contribution in [2.75, 3.05) is 26.9 Å². The molecule has 62 valence electrons. The Morgan fingerprint density at radius 2 is 1.80 bits per heavy atom. The van der Waals surface area contributed by atoms with Gasteiger partial charge in [0.25, 0.3) is 0 Å². The molecule has 0 aliphatic carbocycles. The fourth-order valence-electron chi connectivity index (χ4n) is 1.24. The first kappa shape index (κ1) is 10.1. The molecule has 3 heteroatoms. The minimum atomic E-state index is -1.09. The van der Waals surface area contributed by atoms with Crippen LogP contribution in [0.5, 0.6) is 0 Å². The first-order chi connectivity index (χ1) is 4.48. The Hall–Kier alpha value is 0.137. The minimum absolute atomic E-state index is 0.354. The lowest BCUT2D eigenvalue weighted by Gasteiger charge is -2.24. The number of nitrogens with zero attached hydrogens (tertiary/aromatic N) is 1. The summed E-state index contributed by atoms with van der Waals surface area (Å²) in [7, 11) is 3.09. The summed E-state index contributed by atoms with van der Waals surface area (Å²) in [6.07, 6.45) is 1.17. The largest absolute Gasteiger partial charge is 0.397 e. The Bertz CT molecular complexity index is 93.6. The average Bonchev–Trinajstić information content (AvgIpc) is 1.59.